The molecule has 0 spiro atoms. The Hall–Kier alpha value is -2.58. The average molecular weight is 301 g/mol. The monoisotopic (exact) mass is 301 g/mol. The van der Waals surface area contributed by atoms with E-state index in [1.54, 1.807) is 0 Å². The van der Waals surface area contributed by atoms with Crippen molar-refractivity contribution in [2.24, 2.45) is 11.1 Å². The highest BCUT2D eigenvalue weighted by molar-refractivity contribution is 5.98. The number of nitrogens with two attached hydrogens (primary N) is 1. The molecule has 9 heteroatoms. The molecule has 0 bridgehead atoms. The topological polar surface area (TPSA) is 115 Å². The maximum atomic E-state index is 13.1. The van der Waals surface area contributed by atoms with E-state index in [0.717, 1.165) is 0 Å². The van der Waals surface area contributed by atoms with Crippen LogP contribution < -0.4 is 11.1 Å². The van der Waals surface area contributed by atoms with E-state index in [4.69, 9.17) is 5.73 Å². The first-order valence-corrected chi connectivity index (χ1v) is 5.78. The second-order valence-corrected chi connectivity index (χ2v) is 4.97. The molecule has 1 rings (SSSR count). The molecule has 3 N–H and O–H groups in total. The number of nitrogens with one attached hydrogen (secondary N) is 1. The second kappa shape index (κ2) is 5.81. The molecular weight excluding hydrogens is 288 g/mol. The van der Waals surface area contributed by atoms with E-state index in [9.17, 15) is 28.5 Å². The number of hydrogen-bond donors (Lipinski definition) is 2. The van der Waals surface area contributed by atoms with Crippen LogP contribution >= 0.6 is 0 Å². The lowest BCUT2D eigenvalue weighted by molar-refractivity contribution is -0.385. The van der Waals surface area contributed by atoms with Gasteiger partial charge in [0.05, 0.1) is 16.4 Å². The molecule has 114 valence electrons. The van der Waals surface area contributed by atoms with Crippen molar-refractivity contribution in [2.45, 2.75) is 13.8 Å². The van der Waals surface area contributed by atoms with Gasteiger partial charge in [-0.1, -0.05) is 0 Å². The van der Waals surface area contributed by atoms with Crippen molar-refractivity contribution >= 4 is 17.5 Å². The number of nitrogens with zero attached hydrogens (tertiary/aromatic N) is 1. The van der Waals surface area contributed by atoms with E-state index < -0.39 is 45.0 Å². The molecule has 0 aliphatic rings. The number of hydrogen-bond acceptors (Lipinski definition) is 4. The Bertz CT molecular complexity index is 617. The molecule has 0 radical (unpaired) electrons. The van der Waals surface area contributed by atoms with Crippen molar-refractivity contribution in [3.8, 4) is 0 Å². The summed E-state index contributed by atoms with van der Waals surface area (Å²) in [7, 11) is 0. The minimum Gasteiger partial charge on any atom is -0.369 e. The van der Waals surface area contributed by atoms with Crippen molar-refractivity contribution in [1.29, 1.82) is 0 Å². The highest BCUT2D eigenvalue weighted by Crippen LogP contribution is 2.22. The highest BCUT2D eigenvalue weighted by Gasteiger charge is 2.28. The van der Waals surface area contributed by atoms with Gasteiger partial charge >= 0.3 is 0 Å². The SMILES string of the molecule is CC(C)(CNC(=O)c1cc(F)c(F)cc1[N+](=O)[O-])C(N)=O. The molecule has 7 nitrogen and oxygen atoms in total. The van der Waals surface area contributed by atoms with Crippen LogP contribution in [0.2, 0.25) is 0 Å². The molecule has 21 heavy (non-hydrogen) atoms. The van der Waals surface area contributed by atoms with E-state index in [1.807, 2.05) is 0 Å². The van der Waals surface area contributed by atoms with Gasteiger partial charge < -0.3 is 11.1 Å². The highest BCUT2D eigenvalue weighted by atomic mass is 19.2. The summed E-state index contributed by atoms with van der Waals surface area (Å²) in [6.07, 6.45) is 0. The zero-order valence-electron chi connectivity index (χ0n) is 11.3. The zero-order chi connectivity index (χ0) is 16.4. The van der Waals surface area contributed by atoms with Gasteiger partial charge in [-0.05, 0) is 19.9 Å². The molecular formula is C12H13F2N3O4. The number of halogens is 2. The number of carbonyl (C=O) groups is 2. The molecule has 0 saturated heterocycles. The van der Waals surface area contributed by atoms with Crippen LogP contribution in [0.1, 0.15) is 24.2 Å². The van der Waals surface area contributed by atoms with Crippen LogP contribution in [0.5, 0.6) is 0 Å². The minimum absolute atomic E-state index is 0.211. The first-order chi connectivity index (χ1) is 9.56. The number of benzene rings is 1. The van der Waals surface area contributed by atoms with Crippen LogP contribution in [0.15, 0.2) is 12.1 Å². The lowest BCUT2D eigenvalue weighted by Gasteiger charge is -2.20. The molecule has 2 amide bonds. The van der Waals surface area contributed by atoms with Gasteiger partial charge in [-0.15, -0.1) is 0 Å². The summed E-state index contributed by atoms with van der Waals surface area (Å²) >= 11 is 0. The third-order valence-corrected chi connectivity index (χ3v) is 2.84. The molecule has 1 aromatic carbocycles. The van der Waals surface area contributed by atoms with E-state index in [0.29, 0.717) is 12.1 Å². The van der Waals surface area contributed by atoms with Crippen LogP contribution in [0.25, 0.3) is 0 Å². The summed E-state index contributed by atoms with van der Waals surface area (Å²) in [5.74, 6) is -4.52. The van der Waals surface area contributed by atoms with Gasteiger partial charge in [0.2, 0.25) is 5.91 Å². The van der Waals surface area contributed by atoms with Crippen molar-refractivity contribution in [3.63, 3.8) is 0 Å². The van der Waals surface area contributed by atoms with Crippen LogP contribution in [0, 0.1) is 27.2 Å². The van der Waals surface area contributed by atoms with Gasteiger partial charge in [0.15, 0.2) is 11.6 Å². The van der Waals surface area contributed by atoms with Crippen molar-refractivity contribution in [2.75, 3.05) is 6.54 Å². The number of rotatable bonds is 5. The maximum Gasteiger partial charge on any atom is 0.285 e. The van der Waals surface area contributed by atoms with Crippen LogP contribution in [-0.4, -0.2) is 23.3 Å². The maximum absolute atomic E-state index is 13.1. The lowest BCUT2D eigenvalue weighted by Crippen LogP contribution is -2.42. The summed E-state index contributed by atoms with van der Waals surface area (Å²) in [6.45, 7) is 2.70. The van der Waals surface area contributed by atoms with Crippen LogP contribution in [0.3, 0.4) is 0 Å². The Kier molecular flexibility index (Phi) is 4.56. The quantitative estimate of drug-likeness (QED) is 0.626. The third kappa shape index (κ3) is 3.71. The molecule has 0 unspecified atom stereocenters. The smallest absolute Gasteiger partial charge is 0.285 e. The number of amides is 2. The Morgan fingerprint density at radius 1 is 1.33 bits per heavy atom. The third-order valence-electron chi connectivity index (χ3n) is 2.84. The molecule has 0 fully saturated rings. The zero-order valence-corrected chi connectivity index (χ0v) is 11.3. The fourth-order valence-corrected chi connectivity index (χ4v) is 1.35. The Labute approximate surface area is 118 Å². The minimum atomic E-state index is -1.43. The molecule has 0 atom stereocenters. The van der Waals surface area contributed by atoms with Crippen LogP contribution in [0.4, 0.5) is 14.5 Å². The number of nitro groups is 1. The first-order valence-electron chi connectivity index (χ1n) is 5.78. The van der Waals surface area contributed by atoms with Crippen molar-refractivity contribution in [3.05, 3.63) is 39.4 Å². The summed E-state index contributed by atoms with van der Waals surface area (Å²) in [4.78, 5) is 32.7. The Balaban J connectivity index is 3.05. The van der Waals surface area contributed by atoms with Gasteiger partial charge in [-0.3, -0.25) is 19.7 Å². The molecule has 1 aromatic rings. The van der Waals surface area contributed by atoms with Gasteiger partial charge in [-0.25, -0.2) is 8.78 Å². The van der Waals surface area contributed by atoms with E-state index in [1.165, 1.54) is 13.8 Å². The van der Waals surface area contributed by atoms with Crippen molar-refractivity contribution in [1.82, 2.24) is 5.32 Å². The Morgan fingerprint density at radius 2 is 1.86 bits per heavy atom. The van der Waals surface area contributed by atoms with Gasteiger partial charge in [0.25, 0.3) is 11.6 Å². The molecule has 0 saturated carbocycles. The molecule has 0 aliphatic carbocycles. The molecule has 0 aromatic heterocycles. The van der Waals surface area contributed by atoms with E-state index in [-0.39, 0.29) is 6.54 Å². The van der Waals surface area contributed by atoms with Gasteiger partial charge in [-0.2, -0.15) is 0 Å². The van der Waals surface area contributed by atoms with Gasteiger partial charge in [0, 0.05) is 6.54 Å². The largest absolute Gasteiger partial charge is 0.369 e. The van der Waals surface area contributed by atoms with Crippen LogP contribution in [-0.2, 0) is 4.79 Å². The predicted octanol–water partition coefficient (Wildman–Crippen LogP) is 1.11. The summed E-state index contributed by atoms with van der Waals surface area (Å²) in [5, 5.41) is 13.0. The standard InChI is InChI=1S/C12H13F2N3O4/c1-12(2,11(15)19)5-16-10(18)6-3-7(13)8(14)4-9(6)17(20)21/h3-4H,5H2,1-2H3,(H2,15,19)(H,16,18). The summed E-state index contributed by atoms with van der Waals surface area (Å²) < 4.78 is 26.1. The Morgan fingerprint density at radius 3 is 2.33 bits per heavy atom. The van der Waals surface area contributed by atoms with E-state index in [2.05, 4.69) is 5.32 Å². The average Bonchev–Trinajstić information content (AvgIpc) is 2.38. The fraction of sp³-hybridized carbons (Fsp3) is 0.333. The summed E-state index contributed by atoms with van der Waals surface area (Å²) in [6, 6.07) is 0.754. The normalized spacial score (nSPS) is 11.0. The second-order valence-electron chi connectivity index (χ2n) is 4.97. The molecule has 0 aliphatic heterocycles. The fourth-order valence-electron chi connectivity index (χ4n) is 1.35. The van der Waals surface area contributed by atoms with Gasteiger partial charge in [0.1, 0.15) is 5.56 Å². The predicted molar refractivity (Wildman–Crippen MR) is 68.3 cm³/mol. The van der Waals surface area contributed by atoms with E-state index >= 15 is 0 Å². The number of nitro benzene ring substituents is 1. The lowest BCUT2D eigenvalue weighted by atomic mass is 9.92. The van der Waals surface area contributed by atoms with Crippen molar-refractivity contribution < 1.29 is 23.3 Å². The molecule has 0 heterocycles. The first kappa shape index (κ1) is 16.5. The summed E-state index contributed by atoms with van der Waals surface area (Å²) in [5.41, 5.74) is 2.50. The number of carbonyl (C=O) groups excluding carboxylic acids is 2. The number of primary amides is 1.